The van der Waals surface area contributed by atoms with Gasteiger partial charge in [-0.25, -0.2) is 9.98 Å². The average molecular weight is 388 g/mol. The quantitative estimate of drug-likeness (QED) is 0.590. The summed E-state index contributed by atoms with van der Waals surface area (Å²) in [5, 5.41) is 7.88. The summed E-state index contributed by atoms with van der Waals surface area (Å²) in [6.45, 7) is 11.8. The van der Waals surface area contributed by atoms with Gasteiger partial charge in [0.1, 0.15) is 0 Å². The number of para-hydroxylation sites is 1. The van der Waals surface area contributed by atoms with E-state index >= 15 is 0 Å². The number of nitrogens with one attached hydrogen (secondary N) is 2. The zero-order chi connectivity index (χ0) is 19.1. The second-order valence-corrected chi connectivity index (χ2v) is 7.81. The molecule has 1 fully saturated rings. The van der Waals surface area contributed by atoms with Crippen LogP contribution in [0.1, 0.15) is 28.1 Å². The van der Waals surface area contributed by atoms with E-state index in [2.05, 4.69) is 58.6 Å². The molecule has 0 radical (unpaired) electrons. The number of aryl methyl sites for hydroxylation is 2. The number of aromatic nitrogens is 1. The summed E-state index contributed by atoms with van der Waals surface area (Å²) in [7, 11) is 0. The van der Waals surface area contributed by atoms with Crippen LogP contribution >= 0.6 is 11.3 Å². The minimum absolute atomic E-state index is 0.642. The summed E-state index contributed by atoms with van der Waals surface area (Å²) < 4.78 is 5.48. The van der Waals surface area contributed by atoms with Gasteiger partial charge < -0.3 is 20.3 Å². The standard InChI is InChI=1S/C20H29N5OS/c1-4-21-20(23-14-19-15(2)24-16(3)27-19)22-13-17-7-5-6-8-18(17)25-9-11-26-12-10-25/h5-8H,4,9-14H2,1-3H3,(H2,21,22,23). The predicted octanol–water partition coefficient (Wildman–Crippen LogP) is 2.85. The van der Waals surface area contributed by atoms with Gasteiger partial charge in [-0.05, 0) is 32.4 Å². The van der Waals surface area contributed by atoms with Gasteiger partial charge in [0.25, 0.3) is 0 Å². The molecule has 2 aromatic rings. The highest BCUT2D eigenvalue weighted by Crippen LogP contribution is 2.22. The average Bonchev–Trinajstić information content (AvgIpc) is 3.02. The maximum absolute atomic E-state index is 5.48. The van der Waals surface area contributed by atoms with Crippen LogP contribution in [0.3, 0.4) is 0 Å². The van der Waals surface area contributed by atoms with Crippen molar-refractivity contribution in [3.8, 4) is 0 Å². The fourth-order valence-electron chi connectivity index (χ4n) is 3.16. The zero-order valence-electron chi connectivity index (χ0n) is 16.4. The van der Waals surface area contributed by atoms with Crippen molar-refractivity contribution in [1.29, 1.82) is 0 Å². The molecule has 0 unspecified atom stereocenters. The highest BCUT2D eigenvalue weighted by Gasteiger charge is 2.14. The molecule has 0 bridgehead atoms. The number of hydrogen-bond acceptors (Lipinski definition) is 5. The van der Waals surface area contributed by atoms with Crippen LogP contribution in [-0.4, -0.2) is 43.8 Å². The minimum Gasteiger partial charge on any atom is -0.378 e. The van der Waals surface area contributed by atoms with Crippen molar-refractivity contribution < 1.29 is 4.74 Å². The third kappa shape index (κ3) is 5.43. The number of anilines is 1. The largest absolute Gasteiger partial charge is 0.378 e. The van der Waals surface area contributed by atoms with Crippen LogP contribution < -0.4 is 15.5 Å². The molecular weight excluding hydrogens is 358 g/mol. The van der Waals surface area contributed by atoms with Gasteiger partial charge in [0.05, 0.1) is 37.0 Å². The van der Waals surface area contributed by atoms with Crippen LogP contribution in [-0.2, 0) is 17.8 Å². The van der Waals surface area contributed by atoms with Gasteiger partial charge >= 0.3 is 0 Å². The first-order chi connectivity index (χ1) is 13.2. The number of morpholine rings is 1. The molecule has 0 spiro atoms. The molecule has 0 atom stereocenters. The SMILES string of the molecule is CCNC(=NCc1ccccc1N1CCOCC1)NCc1sc(C)nc1C. The number of benzene rings is 1. The van der Waals surface area contributed by atoms with E-state index in [1.54, 1.807) is 11.3 Å². The van der Waals surface area contributed by atoms with Crippen LogP contribution in [0.15, 0.2) is 29.3 Å². The maximum Gasteiger partial charge on any atom is 0.191 e. The van der Waals surface area contributed by atoms with E-state index in [-0.39, 0.29) is 0 Å². The Labute approximate surface area is 165 Å². The lowest BCUT2D eigenvalue weighted by molar-refractivity contribution is 0.122. The van der Waals surface area contributed by atoms with Crippen LogP contribution in [0, 0.1) is 13.8 Å². The van der Waals surface area contributed by atoms with Gasteiger partial charge in [0.15, 0.2) is 5.96 Å². The summed E-state index contributed by atoms with van der Waals surface area (Å²) in [6, 6.07) is 8.52. The van der Waals surface area contributed by atoms with E-state index in [1.165, 1.54) is 16.1 Å². The van der Waals surface area contributed by atoms with Crippen molar-refractivity contribution in [2.45, 2.75) is 33.9 Å². The Morgan fingerprint density at radius 2 is 2.00 bits per heavy atom. The molecule has 6 nitrogen and oxygen atoms in total. The summed E-state index contributed by atoms with van der Waals surface area (Å²) in [4.78, 5) is 12.9. The normalized spacial score (nSPS) is 15.1. The number of guanidine groups is 1. The molecule has 0 amide bonds. The number of nitrogens with zero attached hydrogens (tertiary/aromatic N) is 3. The second-order valence-electron chi connectivity index (χ2n) is 6.52. The summed E-state index contributed by atoms with van der Waals surface area (Å²) >= 11 is 1.74. The van der Waals surface area contributed by atoms with E-state index in [0.29, 0.717) is 6.54 Å². The van der Waals surface area contributed by atoms with Crippen molar-refractivity contribution in [2.75, 3.05) is 37.7 Å². The Balaban J connectivity index is 1.68. The Morgan fingerprint density at radius 1 is 1.22 bits per heavy atom. The summed E-state index contributed by atoms with van der Waals surface area (Å²) in [5.74, 6) is 0.833. The van der Waals surface area contributed by atoms with Crippen molar-refractivity contribution in [3.63, 3.8) is 0 Å². The lowest BCUT2D eigenvalue weighted by Crippen LogP contribution is -2.37. The van der Waals surface area contributed by atoms with E-state index in [1.807, 2.05) is 6.92 Å². The molecule has 1 aromatic carbocycles. The highest BCUT2D eigenvalue weighted by atomic mass is 32.1. The Kier molecular flexibility index (Phi) is 7.06. The van der Waals surface area contributed by atoms with Gasteiger partial charge in [0, 0.05) is 30.2 Å². The van der Waals surface area contributed by atoms with Crippen LogP contribution in [0.25, 0.3) is 0 Å². The number of aliphatic imine (C=N–C) groups is 1. The highest BCUT2D eigenvalue weighted by molar-refractivity contribution is 7.11. The Hall–Kier alpha value is -2.12. The van der Waals surface area contributed by atoms with Gasteiger partial charge in [-0.2, -0.15) is 0 Å². The first-order valence-corrected chi connectivity index (χ1v) is 10.3. The smallest absolute Gasteiger partial charge is 0.191 e. The van der Waals surface area contributed by atoms with Crippen LogP contribution in [0.2, 0.25) is 0 Å². The third-order valence-corrected chi connectivity index (χ3v) is 5.58. The first kappa shape index (κ1) is 19.6. The molecule has 1 saturated heterocycles. The molecule has 1 aliphatic heterocycles. The van der Waals surface area contributed by atoms with Crippen molar-refractivity contribution in [2.24, 2.45) is 4.99 Å². The topological polar surface area (TPSA) is 61.8 Å². The maximum atomic E-state index is 5.48. The molecule has 146 valence electrons. The van der Waals surface area contributed by atoms with E-state index in [9.17, 15) is 0 Å². The molecule has 27 heavy (non-hydrogen) atoms. The molecule has 2 heterocycles. The summed E-state index contributed by atoms with van der Waals surface area (Å²) in [5.41, 5.74) is 3.59. The first-order valence-electron chi connectivity index (χ1n) is 9.53. The molecule has 1 aliphatic rings. The van der Waals surface area contributed by atoms with E-state index in [4.69, 9.17) is 9.73 Å². The van der Waals surface area contributed by atoms with Crippen molar-refractivity contribution >= 4 is 23.0 Å². The van der Waals surface area contributed by atoms with Crippen LogP contribution in [0.5, 0.6) is 0 Å². The Morgan fingerprint density at radius 3 is 2.70 bits per heavy atom. The Bertz CT molecular complexity index is 767. The van der Waals surface area contributed by atoms with E-state index in [0.717, 1.165) is 56.1 Å². The van der Waals surface area contributed by atoms with E-state index < -0.39 is 0 Å². The zero-order valence-corrected chi connectivity index (χ0v) is 17.2. The molecule has 2 N–H and O–H groups in total. The minimum atomic E-state index is 0.642. The van der Waals surface area contributed by atoms with Gasteiger partial charge in [0.2, 0.25) is 0 Å². The fraction of sp³-hybridized carbons (Fsp3) is 0.500. The van der Waals surface area contributed by atoms with Gasteiger partial charge in [-0.3, -0.25) is 0 Å². The molecular formula is C20H29N5OS. The lowest BCUT2D eigenvalue weighted by Gasteiger charge is -2.30. The van der Waals surface area contributed by atoms with Crippen molar-refractivity contribution in [3.05, 3.63) is 45.4 Å². The van der Waals surface area contributed by atoms with Crippen LogP contribution in [0.4, 0.5) is 5.69 Å². The number of ether oxygens (including phenoxy) is 1. The summed E-state index contributed by atoms with van der Waals surface area (Å²) in [6.07, 6.45) is 0. The fourth-order valence-corrected chi connectivity index (χ4v) is 4.04. The number of thiazole rings is 1. The molecule has 0 aliphatic carbocycles. The predicted molar refractivity (Wildman–Crippen MR) is 113 cm³/mol. The third-order valence-electron chi connectivity index (χ3n) is 4.51. The van der Waals surface area contributed by atoms with Crippen molar-refractivity contribution in [1.82, 2.24) is 15.6 Å². The molecule has 7 heteroatoms. The second kappa shape index (κ2) is 9.71. The molecule has 0 saturated carbocycles. The number of hydrogen-bond donors (Lipinski definition) is 2. The number of rotatable bonds is 6. The monoisotopic (exact) mass is 387 g/mol. The molecule has 3 rings (SSSR count). The van der Waals surface area contributed by atoms with Gasteiger partial charge in [-0.15, -0.1) is 11.3 Å². The molecule has 1 aromatic heterocycles. The van der Waals surface area contributed by atoms with Gasteiger partial charge in [-0.1, -0.05) is 18.2 Å². The lowest BCUT2D eigenvalue weighted by atomic mass is 10.1.